The first-order valence-corrected chi connectivity index (χ1v) is 6.24. The molecule has 1 fully saturated rings. The molecule has 0 amide bonds. The standard InChI is InChI=1S/C13H24O2/c1-10(2)9-11(3)15-8-7-12-5-4-6-13(12)14/h10-12H,4-9H2,1-3H3. The predicted molar refractivity (Wildman–Crippen MR) is 61.8 cm³/mol. The summed E-state index contributed by atoms with van der Waals surface area (Å²) in [7, 11) is 0. The fourth-order valence-electron chi connectivity index (χ4n) is 2.34. The number of hydrogen-bond donors (Lipinski definition) is 0. The van der Waals surface area contributed by atoms with Crippen LogP contribution in [0.25, 0.3) is 0 Å². The van der Waals surface area contributed by atoms with E-state index in [0.717, 1.165) is 38.7 Å². The van der Waals surface area contributed by atoms with Crippen LogP contribution in [0.15, 0.2) is 0 Å². The van der Waals surface area contributed by atoms with Crippen molar-refractivity contribution in [2.24, 2.45) is 11.8 Å². The molecule has 1 aliphatic rings. The molecule has 1 saturated carbocycles. The van der Waals surface area contributed by atoms with Crippen LogP contribution in [0.3, 0.4) is 0 Å². The zero-order chi connectivity index (χ0) is 11.3. The van der Waals surface area contributed by atoms with Gasteiger partial charge < -0.3 is 4.74 Å². The lowest BCUT2D eigenvalue weighted by Gasteiger charge is -2.16. The average molecular weight is 212 g/mol. The predicted octanol–water partition coefficient (Wildman–Crippen LogP) is 3.20. The quantitative estimate of drug-likeness (QED) is 0.676. The minimum Gasteiger partial charge on any atom is -0.378 e. The van der Waals surface area contributed by atoms with Crippen LogP contribution in [0.5, 0.6) is 0 Å². The molecule has 0 saturated heterocycles. The Morgan fingerprint density at radius 3 is 2.67 bits per heavy atom. The van der Waals surface area contributed by atoms with Gasteiger partial charge in [0.15, 0.2) is 0 Å². The fourth-order valence-corrected chi connectivity index (χ4v) is 2.34. The molecule has 0 bridgehead atoms. The molecule has 15 heavy (non-hydrogen) atoms. The summed E-state index contributed by atoms with van der Waals surface area (Å²) >= 11 is 0. The van der Waals surface area contributed by atoms with Gasteiger partial charge in [-0.2, -0.15) is 0 Å². The van der Waals surface area contributed by atoms with E-state index in [1.54, 1.807) is 0 Å². The summed E-state index contributed by atoms with van der Waals surface area (Å²) in [6.07, 6.45) is 5.35. The van der Waals surface area contributed by atoms with Gasteiger partial charge in [0.05, 0.1) is 6.10 Å². The van der Waals surface area contributed by atoms with Crippen LogP contribution in [0.4, 0.5) is 0 Å². The summed E-state index contributed by atoms with van der Waals surface area (Å²) in [5.41, 5.74) is 0. The summed E-state index contributed by atoms with van der Waals surface area (Å²) in [6.45, 7) is 7.29. The molecule has 2 atom stereocenters. The minimum absolute atomic E-state index is 0.302. The Morgan fingerprint density at radius 1 is 1.40 bits per heavy atom. The molecule has 2 unspecified atom stereocenters. The Bertz CT molecular complexity index is 199. The minimum atomic E-state index is 0.302. The maximum absolute atomic E-state index is 11.4. The second-order valence-corrected chi connectivity index (χ2v) is 5.16. The normalized spacial score (nSPS) is 23.7. The number of hydrogen-bond acceptors (Lipinski definition) is 2. The van der Waals surface area contributed by atoms with Gasteiger partial charge in [0.1, 0.15) is 5.78 Å². The highest BCUT2D eigenvalue weighted by Gasteiger charge is 2.23. The summed E-state index contributed by atoms with van der Waals surface area (Å²) in [4.78, 5) is 11.4. The molecule has 0 aromatic carbocycles. The van der Waals surface area contributed by atoms with Crippen molar-refractivity contribution in [2.45, 2.75) is 59.0 Å². The van der Waals surface area contributed by atoms with Crippen molar-refractivity contribution in [3.8, 4) is 0 Å². The van der Waals surface area contributed by atoms with Crippen LogP contribution in [0, 0.1) is 11.8 Å². The topological polar surface area (TPSA) is 26.3 Å². The molecular weight excluding hydrogens is 188 g/mol. The van der Waals surface area contributed by atoms with Crippen LogP contribution >= 0.6 is 0 Å². The third kappa shape index (κ3) is 4.78. The van der Waals surface area contributed by atoms with Crippen LogP contribution < -0.4 is 0 Å². The van der Waals surface area contributed by atoms with Gasteiger partial charge >= 0.3 is 0 Å². The zero-order valence-electron chi connectivity index (χ0n) is 10.3. The number of carbonyl (C=O) groups excluding carboxylic acids is 1. The largest absolute Gasteiger partial charge is 0.378 e. The Morgan fingerprint density at radius 2 is 2.13 bits per heavy atom. The van der Waals surface area contributed by atoms with Gasteiger partial charge in [-0.3, -0.25) is 4.79 Å². The molecule has 0 N–H and O–H groups in total. The maximum Gasteiger partial charge on any atom is 0.136 e. The second kappa shape index (κ2) is 6.26. The van der Waals surface area contributed by atoms with Crippen molar-refractivity contribution in [3.05, 3.63) is 0 Å². The summed E-state index contributed by atoms with van der Waals surface area (Å²) in [6, 6.07) is 0. The Balaban J connectivity index is 2.07. The fraction of sp³-hybridized carbons (Fsp3) is 0.923. The monoisotopic (exact) mass is 212 g/mol. The van der Waals surface area contributed by atoms with E-state index >= 15 is 0 Å². The summed E-state index contributed by atoms with van der Waals surface area (Å²) in [5.74, 6) is 1.44. The molecule has 0 spiro atoms. The first-order valence-electron chi connectivity index (χ1n) is 6.24. The Hall–Kier alpha value is -0.370. The number of Topliss-reactive ketones (excluding diaryl/α,β-unsaturated/α-hetero) is 1. The molecule has 0 radical (unpaired) electrons. The number of ether oxygens (including phenoxy) is 1. The summed E-state index contributed by atoms with van der Waals surface area (Å²) < 4.78 is 5.71. The van der Waals surface area contributed by atoms with Crippen molar-refractivity contribution in [2.75, 3.05) is 6.61 Å². The molecule has 0 aromatic heterocycles. The van der Waals surface area contributed by atoms with Crippen molar-refractivity contribution in [1.29, 1.82) is 0 Å². The maximum atomic E-state index is 11.4. The van der Waals surface area contributed by atoms with Gasteiger partial charge in [0.2, 0.25) is 0 Å². The smallest absolute Gasteiger partial charge is 0.136 e. The molecular formula is C13H24O2. The Labute approximate surface area is 93.4 Å². The lowest BCUT2D eigenvalue weighted by Crippen LogP contribution is -2.15. The van der Waals surface area contributed by atoms with Crippen LogP contribution in [-0.2, 0) is 9.53 Å². The van der Waals surface area contributed by atoms with E-state index in [9.17, 15) is 4.79 Å². The summed E-state index contributed by atoms with van der Waals surface area (Å²) in [5, 5.41) is 0. The van der Waals surface area contributed by atoms with Gasteiger partial charge in [0.25, 0.3) is 0 Å². The van der Waals surface area contributed by atoms with Crippen molar-refractivity contribution < 1.29 is 9.53 Å². The first-order chi connectivity index (χ1) is 7.09. The Kier molecular flexibility index (Phi) is 5.30. The lowest BCUT2D eigenvalue weighted by molar-refractivity contribution is -0.121. The van der Waals surface area contributed by atoms with E-state index < -0.39 is 0 Å². The van der Waals surface area contributed by atoms with E-state index in [4.69, 9.17) is 4.74 Å². The molecule has 1 rings (SSSR count). The molecule has 2 nitrogen and oxygen atoms in total. The second-order valence-electron chi connectivity index (χ2n) is 5.16. The number of rotatable bonds is 6. The third-order valence-electron chi connectivity index (χ3n) is 3.10. The van der Waals surface area contributed by atoms with Crippen LogP contribution in [-0.4, -0.2) is 18.5 Å². The van der Waals surface area contributed by atoms with E-state index in [2.05, 4.69) is 20.8 Å². The molecule has 2 heteroatoms. The van der Waals surface area contributed by atoms with Gasteiger partial charge in [-0.25, -0.2) is 0 Å². The van der Waals surface area contributed by atoms with Gasteiger partial charge in [-0.15, -0.1) is 0 Å². The van der Waals surface area contributed by atoms with Crippen LogP contribution in [0.2, 0.25) is 0 Å². The van der Waals surface area contributed by atoms with Crippen molar-refractivity contribution >= 4 is 5.78 Å². The van der Waals surface area contributed by atoms with Gasteiger partial charge in [0, 0.05) is 18.9 Å². The average Bonchev–Trinajstić information content (AvgIpc) is 2.50. The molecule has 1 aliphatic carbocycles. The van der Waals surface area contributed by atoms with Gasteiger partial charge in [-0.05, 0) is 38.5 Å². The van der Waals surface area contributed by atoms with E-state index in [1.165, 1.54) is 0 Å². The first kappa shape index (κ1) is 12.7. The highest BCUT2D eigenvalue weighted by Crippen LogP contribution is 2.24. The van der Waals surface area contributed by atoms with E-state index in [0.29, 0.717) is 23.7 Å². The van der Waals surface area contributed by atoms with Crippen molar-refractivity contribution in [1.82, 2.24) is 0 Å². The molecule has 0 aliphatic heterocycles. The molecule has 88 valence electrons. The number of ketones is 1. The highest BCUT2D eigenvalue weighted by molar-refractivity contribution is 5.82. The molecule has 0 aromatic rings. The zero-order valence-corrected chi connectivity index (χ0v) is 10.3. The highest BCUT2D eigenvalue weighted by atomic mass is 16.5. The van der Waals surface area contributed by atoms with E-state index in [1.807, 2.05) is 0 Å². The van der Waals surface area contributed by atoms with Crippen LogP contribution in [0.1, 0.15) is 52.9 Å². The van der Waals surface area contributed by atoms with Crippen molar-refractivity contribution in [3.63, 3.8) is 0 Å². The lowest BCUT2D eigenvalue weighted by atomic mass is 10.0. The number of carbonyl (C=O) groups is 1. The SMILES string of the molecule is CC(C)CC(C)OCCC1CCCC1=O. The van der Waals surface area contributed by atoms with Gasteiger partial charge in [-0.1, -0.05) is 13.8 Å². The van der Waals surface area contributed by atoms with E-state index in [-0.39, 0.29) is 0 Å². The molecule has 0 heterocycles. The third-order valence-corrected chi connectivity index (χ3v) is 3.10.